The highest BCUT2D eigenvalue weighted by atomic mass is 32.1. The van der Waals surface area contributed by atoms with Crippen LogP contribution in [0, 0.1) is 5.82 Å². The molecule has 0 amide bonds. The van der Waals surface area contributed by atoms with E-state index in [2.05, 4.69) is 20.8 Å². The third-order valence-electron chi connectivity index (χ3n) is 2.77. The highest BCUT2D eigenvalue weighted by Gasteiger charge is 2.27. The van der Waals surface area contributed by atoms with Gasteiger partial charge in [-0.2, -0.15) is 0 Å². The standard InChI is InChI=1S/C12H19FOS/c1-5-6-7-12(2,3)9-8-15-11(14-4)10(9)13/h8H,5-7H2,1-4H3. The van der Waals surface area contributed by atoms with E-state index in [1.807, 2.05) is 5.38 Å². The molecule has 0 radical (unpaired) electrons. The van der Waals surface area contributed by atoms with Crippen LogP contribution in [-0.2, 0) is 5.41 Å². The van der Waals surface area contributed by atoms with Crippen LogP contribution in [0.5, 0.6) is 5.06 Å². The third kappa shape index (κ3) is 2.71. The van der Waals surface area contributed by atoms with E-state index in [0.717, 1.165) is 24.8 Å². The first kappa shape index (κ1) is 12.5. The fourth-order valence-corrected chi connectivity index (χ4v) is 2.63. The predicted octanol–water partition coefficient (Wildman–Crippen LogP) is 4.36. The molecule has 0 saturated carbocycles. The van der Waals surface area contributed by atoms with Crippen LogP contribution < -0.4 is 4.74 Å². The zero-order chi connectivity index (χ0) is 11.5. The van der Waals surface area contributed by atoms with Crippen molar-refractivity contribution in [3.63, 3.8) is 0 Å². The molecule has 1 nitrogen and oxygen atoms in total. The van der Waals surface area contributed by atoms with Crippen LogP contribution in [-0.4, -0.2) is 7.11 Å². The maximum Gasteiger partial charge on any atom is 0.210 e. The SMILES string of the molecule is CCCCC(C)(C)c1csc(OC)c1F. The molecule has 0 fully saturated rings. The van der Waals surface area contributed by atoms with Crippen molar-refractivity contribution in [1.29, 1.82) is 0 Å². The minimum Gasteiger partial charge on any atom is -0.485 e. The van der Waals surface area contributed by atoms with Crippen molar-refractivity contribution in [2.24, 2.45) is 0 Å². The van der Waals surface area contributed by atoms with Gasteiger partial charge in [0.15, 0.2) is 5.82 Å². The Bertz CT molecular complexity index is 317. The van der Waals surface area contributed by atoms with Gasteiger partial charge in [0, 0.05) is 10.9 Å². The van der Waals surface area contributed by atoms with Crippen molar-refractivity contribution in [2.75, 3.05) is 7.11 Å². The normalized spacial score (nSPS) is 11.8. The second-order valence-electron chi connectivity index (χ2n) is 4.44. The van der Waals surface area contributed by atoms with Crippen molar-refractivity contribution in [1.82, 2.24) is 0 Å². The fourth-order valence-electron chi connectivity index (χ4n) is 1.67. The van der Waals surface area contributed by atoms with E-state index in [4.69, 9.17) is 4.74 Å². The summed E-state index contributed by atoms with van der Waals surface area (Å²) in [6.45, 7) is 6.33. The Balaban J connectivity index is 2.88. The molecule has 0 aliphatic rings. The Labute approximate surface area is 95.3 Å². The lowest BCUT2D eigenvalue weighted by Crippen LogP contribution is -2.17. The van der Waals surface area contributed by atoms with Gasteiger partial charge in [0.2, 0.25) is 5.06 Å². The quantitative estimate of drug-likeness (QED) is 0.730. The molecule has 86 valence electrons. The molecule has 0 unspecified atom stereocenters. The molecule has 0 saturated heterocycles. The molecule has 0 aromatic carbocycles. The number of rotatable bonds is 5. The minimum atomic E-state index is -0.177. The molecular weight excluding hydrogens is 211 g/mol. The highest BCUT2D eigenvalue weighted by molar-refractivity contribution is 7.12. The van der Waals surface area contributed by atoms with E-state index >= 15 is 0 Å². The van der Waals surface area contributed by atoms with Gasteiger partial charge in [-0.1, -0.05) is 33.6 Å². The number of unbranched alkanes of at least 4 members (excludes halogenated alkanes) is 1. The molecule has 0 aliphatic heterocycles. The smallest absolute Gasteiger partial charge is 0.210 e. The first-order chi connectivity index (χ1) is 7.03. The predicted molar refractivity (Wildman–Crippen MR) is 63.4 cm³/mol. The Morgan fingerprint density at radius 2 is 2.13 bits per heavy atom. The zero-order valence-electron chi connectivity index (χ0n) is 9.89. The number of thiophene rings is 1. The lowest BCUT2D eigenvalue weighted by atomic mass is 9.81. The summed E-state index contributed by atoms with van der Waals surface area (Å²) in [5.41, 5.74) is 0.700. The molecule has 0 N–H and O–H groups in total. The first-order valence-electron chi connectivity index (χ1n) is 5.34. The van der Waals surface area contributed by atoms with Crippen molar-refractivity contribution in [2.45, 2.75) is 45.4 Å². The van der Waals surface area contributed by atoms with E-state index in [1.165, 1.54) is 18.4 Å². The third-order valence-corrected chi connectivity index (χ3v) is 3.68. The summed E-state index contributed by atoms with van der Waals surface area (Å²) in [7, 11) is 1.51. The molecule has 1 heterocycles. The van der Waals surface area contributed by atoms with Crippen LogP contribution in [0.1, 0.15) is 45.6 Å². The highest BCUT2D eigenvalue weighted by Crippen LogP contribution is 2.38. The molecule has 0 atom stereocenters. The monoisotopic (exact) mass is 230 g/mol. The summed E-state index contributed by atoms with van der Waals surface area (Å²) in [6.07, 6.45) is 3.29. The molecule has 15 heavy (non-hydrogen) atoms. The van der Waals surface area contributed by atoms with Crippen molar-refractivity contribution < 1.29 is 9.13 Å². The van der Waals surface area contributed by atoms with Gasteiger partial charge in [0.25, 0.3) is 0 Å². The van der Waals surface area contributed by atoms with E-state index < -0.39 is 0 Å². The molecule has 1 rings (SSSR count). The van der Waals surface area contributed by atoms with Crippen LogP contribution in [0.15, 0.2) is 5.38 Å². The molecule has 3 heteroatoms. The summed E-state index contributed by atoms with van der Waals surface area (Å²) >= 11 is 1.34. The maximum absolute atomic E-state index is 13.8. The van der Waals surface area contributed by atoms with Gasteiger partial charge in [-0.05, 0) is 11.8 Å². The Morgan fingerprint density at radius 1 is 1.47 bits per heavy atom. The first-order valence-corrected chi connectivity index (χ1v) is 6.22. The lowest BCUT2D eigenvalue weighted by molar-refractivity contribution is 0.384. The molecule has 0 spiro atoms. The Morgan fingerprint density at radius 3 is 2.60 bits per heavy atom. The van der Waals surface area contributed by atoms with Crippen LogP contribution in [0.3, 0.4) is 0 Å². The number of ether oxygens (including phenoxy) is 1. The van der Waals surface area contributed by atoms with Crippen molar-refractivity contribution in [3.05, 3.63) is 16.8 Å². The summed E-state index contributed by atoms with van der Waals surface area (Å²) in [4.78, 5) is 0. The van der Waals surface area contributed by atoms with Crippen molar-refractivity contribution in [3.8, 4) is 5.06 Å². The lowest BCUT2D eigenvalue weighted by Gasteiger charge is -2.23. The Kier molecular flexibility index (Phi) is 4.14. The van der Waals surface area contributed by atoms with E-state index in [0.29, 0.717) is 5.06 Å². The van der Waals surface area contributed by atoms with Gasteiger partial charge in [0.05, 0.1) is 7.11 Å². The summed E-state index contributed by atoms with van der Waals surface area (Å²) in [5, 5.41) is 2.28. The van der Waals surface area contributed by atoms with Crippen molar-refractivity contribution >= 4 is 11.3 Å². The van der Waals surface area contributed by atoms with Crippen LogP contribution in [0.4, 0.5) is 4.39 Å². The van der Waals surface area contributed by atoms with E-state index in [9.17, 15) is 4.39 Å². The van der Waals surface area contributed by atoms with Crippen LogP contribution >= 0.6 is 11.3 Å². The average molecular weight is 230 g/mol. The van der Waals surface area contributed by atoms with Gasteiger partial charge in [-0.3, -0.25) is 0 Å². The van der Waals surface area contributed by atoms with Gasteiger partial charge < -0.3 is 4.74 Å². The van der Waals surface area contributed by atoms with Gasteiger partial charge in [-0.25, -0.2) is 4.39 Å². The van der Waals surface area contributed by atoms with Gasteiger partial charge in [-0.15, -0.1) is 11.3 Å². The number of methoxy groups -OCH3 is 1. The summed E-state index contributed by atoms with van der Waals surface area (Å²) < 4.78 is 18.8. The Hall–Kier alpha value is -0.570. The maximum atomic E-state index is 13.8. The van der Waals surface area contributed by atoms with Crippen LogP contribution in [0.25, 0.3) is 0 Å². The van der Waals surface area contributed by atoms with Gasteiger partial charge in [0.1, 0.15) is 0 Å². The second kappa shape index (κ2) is 4.97. The minimum absolute atomic E-state index is 0.0899. The summed E-state index contributed by atoms with van der Waals surface area (Å²) in [6, 6.07) is 0. The second-order valence-corrected chi connectivity index (χ2v) is 5.28. The van der Waals surface area contributed by atoms with E-state index in [-0.39, 0.29) is 11.2 Å². The molecule has 0 bridgehead atoms. The molecular formula is C12H19FOS. The average Bonchev–Trinajstić information content (AvgIpc) is 2.57. The largest absolute Gasteiger partial charge is 0.485 e. The topological polar surface area (TPSA) is 9.23 Å². The van der Waals surface area contributed by atoms with Crippen LogP contribution in [0.2, 0.25) is 0 Å². The van der Waals surface area contributed by atoms with Gasteiger partial charge >= 0.3 is 0 Å². The summed E-state index contributed by atoms with van der Waals surface area (Å²) in [5.74, 6) is -0.177. The number of halogens is 1. The van der Waals surface area contributed by atoms with E-state index in [1.54, 1.807) is 0 Å². The fraction of sp³-hybridized carbons (Fsp3) is 0.667. The number of hydrogen-bond acceptors (Lipinski definition) is 2. The zero-order valence-corrected chi connectivity index (χ0v) is 10.7. The molecule has 0 aliphatic carbocycles. The molecule has 1 aromatic heterocycles. The number of hydrogen-bond donors (Lipinski definition) is 0. The molecule has 1 aromatic rings.